The summed E-state index contributed by atoms with van der Waals surface area (Å²) in [7, 11) is 1.16. The van der Waals surface area contributed by atoms with Crippen LogP contribution in [0.15, 0.2) is 48.6 Å². The molecule has 10 heteroatoms. The quantitative estimate of drug-likeness (QED) is 0.0196. The first-order chi connectivity index (χ1) is 29.0. The number of carbonyl (C=O) groups is 2. The number of carbonyl (C=O) groups excluding carboxylic acids is 2. The highest BCUT2D eigenvalue weighted by Crippen LogP contribution is 2.38. The van der Waals surface area contributed by atoms with E-state index in [1.807, 2.05) is 21.1 Å². The topological polar surface area (TPSA) is 111 Å². The third-order valence-corrected chi connectivity index (χ3v) is 11.3. The van der Waals surface area contributed by atoms with E-state index in [2.05, 4.69) is 62.5 Å². The molecule has 0 radical (unpaired) electrons. The Morgan fingerprint density at radius 2 is 0.900 bits per heavy atom. The largest absolute Gasteiger partial charge is 0.756 e. The van der Waals surface area contributed by atoms with Gasteiger partial charge in [0, 0.05) is 12.8 Å². The lowest BCUT2D eigenvalue weighted by Gasteiger charge is -2.28. The maximum absolute atomic E-state index is 12.7. The van der Waals surface area contributed by atoms with E-state index in [1.54, 1.807) is 0 Å². The van der Waals surface area contributed by atoms with Crippen LogP contribution in [-0.4, -0.2) is 70.0 Å². The number of rotatable bonds is 44. The Morgan fingerprint density at radius 1 is 0.517 bits per heavy atom. The Bertz CT molecular complexity index is 1160. The fourth-order valence-corrected chi connectivity index (χ4v) is 7.21. The summed E-state index contributed by atoms with van der Waals surface area (Å²) in [5.41, 5.74) is 0. The van der Waals surface area contributed by atoms with Crippen LogP contribution >= 0.6 is 7.82 Å². The number of hydrogen-bond acceptors (Lipinski definition) is 8. The second-order valence-corrected chi connectivity index (χ2v) is 18.9. The second kappa shape index (κ2) is 42.3. The zero-order valence-corrected chi connectivity index (χ0v) is 40.3. The Kier molecular flexibility index (Phi) is 40.8. The maximum atomic E-state index is 12.7. The van der Waals surface area contributed by atoms with Gasteiger partial charge in [0.25, 0.3) is 7.82 Å². The molecule has 9 nitrogen and oxygen atoms in total. The molecule has 0 amide bonds. The molecule has 350 valence electrons. The molecule has 0 spiro atoms. The van der Waals surface area contributed by atoms with Crippen molar-refractivity contribution in [1.29, 1.82) is 0 Å². The first-order valence-corrected chi connectivity index (χ1v) is 25.8. The van der Waals surface area contributed by atoms with Gasteiger partial charge in [-0.15, -0.1) is 0 Å². The molecule has 0 rings (SSSR count). The number of unbranched alkanes of at least 4 members (excludes halogenated alkanes) is 22. The van der Waals surface area contributed by atoms with Crippen LogP contribution in [0.5, 0.6) is 0 Å². The highest BCUT2D eigenvalue weighted by atomic mass is 31.2. The zero-order valence-electron chi connectivity index (χ0n) is 39.4. The molecule has 2 atom stereocenters. The van der Waals surface area contributed by atoms with Gasteiger partial charge in [0.15, 0.2) is 6.10 Å². The minimum atomic E-state index is -4.63. The molecule has 0 aromatic rings. The molecule has 0 saturated heterocycles. The third-order valence-electron chi connectivity index (χ3n) is 10.3. The number of nitrogens with zero attached hydrogens (tertiary/aromatic N) is 1. The fraction of sp³-hybridized carbons (Fsp3) is 0.800. The normalized spacial score (nSPS) is 13.9. The second-order valence-electron chi connectivity index (χ2n) is 17.5. The van der Waals surface area contributed by atoms with Crippen molar-refractivity contribution in [1.82, 2.24) is 0 Å². The van der Waals surface area contributed by atoms with Crippen molar-refractivity contribution in [3.8, 4) is 0 Å². The summed E-state index contributed by atoms with van der Waals surface area (Å²) in [5, 5.41) is 0. The molecule has 0 saturated carbocycles. The van der Waals surface area contributed by atoms with Gasteiger partial charge < -0.3 is 27.9 Å². The van der Waals surface area contributed by atoms with E-state index in [0.717, 1.165) is 70.6 Å². The van der Waals surface area contributed by atoms with Crippen LogP contribution in [0.25, 0.3) is 0 Å². The summed E-state index contributed by atoms with van der Waals surface area (Å²) < 4.78 is 34.0. The van der Waals surface area contributed by atoms with Crippen molar-refractivity contribution < 1.29 is 42.1 Å². The lowest BCUT2D eigenvalue weighted by molar-refractivity contribution is -0.870. The van der Waals surface area contributed by atoms with E-state index in [0.29, 0.717) is 17.4 Å². The van der Waals surface area contributed by atoms with Gasteiger partial charge >= 0.3 is 11.9 Å². The number of ether oxygens (including phenoxy) is 2. The molecule has 0 aliphatic heterocycles. The van der Waals surface area contributed by atoms with Crippen molar-refractivity contribution >= 4 is 19.8 Å². The van der Waals surface area contributed by atoms with Crippen LogP contribution in [-0.2, 0) is 32.7 Å². The standard InChI is InChI=1S/C50H92NO8P/c1-6-8-10-12-14-16-18-20-22-24-25-27-29-31-33-35-37-39-41-43-50(53)59-48(47-58-60(54,55)57-45-44-51(3,4)5)46-56-49(52)42-40-38-36-34-32-30-28-26-23-21-19-17-15-13-11-9-7-2/h14-17,20-23,48H,6-13,18-19,24-47H2,1-5H3/b16-14+,17-15+,22-20+,23-21+/t48-/m1/s1. The molecule has 0 aliphatic rings. The lowest BCUT2D eigenvalue weighted by atomic mass is 10.1. The van der Waals surface area contributed by atoms with Crippen LogP contribution < -0.4 is 4.89 Å². The molecule has 0 aromatic carbocycles. The van der Waals surface area contributed by atoms with E-state index in [9.17, 15) is 19.0 Å². The molecule has 0 heterocycles. The summed E-state index contributed by atoms with van der Waals surface area (Å²) in [6.45, 7) is 4.17. The molecule has 0 fully saturated rings. The predicted molar refractivity (Wildman–Crippen MR) is 250 cm³/mol. The Morgan fingerprint density at radius 3 is 1.32 bits per heavy atom. The minimum absolute atomic E-state index is 0.0341. The van der Waals surface area contributed by atoms with Crippen LogP contribution in [0.1, 0.15) is 206 Å². The summed E-state index contributed by atoms with van der Waals surface area (Å²) in [6, 6.07) is 0. The predicted octanol–water partition coefficient (Wildman–Crippen LogP) is 13.6. The molecule has 0 aliphatic carbocycles. The van der Waals surface area contributed by atoms with E-state index in [4.69, 9.17) is 18.5 Å². The number of hydrogen-bond donors (Lipinski definition) is 0. The van der Waals surface area contributed by atoms with E-state index >= 15 is 0 Å². The van der Waals surface area contributed by atoms with E-state index in [-0.39, 0.29) is 26.1 Å². The van der Waals surface area contributed by atoms with Crippen LogP contribution in [0.2, 0.25) is 0 Å². The minimum Gasteiger partial charge on any atom is -0.756 e. The summed E-state index contributed by atoms with van der Waals surface area (Å²) >= 11 is 0. The third kappa shape index (κ3) is 45.5. The first-order valence-electron chi connectivity index (χ1n) is 24.3. The van der Waals surface area contributed by atoms with Gasteiger partial charge in [0.2, 0.25) is 0 Å². The summed E-state index contributed by atoms with van der Waals surface area (Å²) in [4.78, 5) is 37.7. The first kappa shape index (κ1) is 58.0. The summed E-state index contributed by atoms with van der Waals surface area (Å²) in [5.74, 6) is -0.846. The molecule has 0 aromatic heterocycles. The molecule has 60 heavy (non-hydrogen) atoms. The van der Waals surface area contributed by atoms with Crippen LogP contribution in [0.3, 0.4) is 0 Å². The fourth-order valence-electron chi connectivity index (χ4n) is 6.48. The van der Waals surface area contributed by atoms with Gasteiger partial charge in [0.1, 0.15) is 19.8 Å². The van der Waals surface area contributed by atoms with Crippen molar-refractivity contribution in [2.24, 2.45) is 0 Å². The Hall–Kier alpha value is -2.03. The van der Waals surface area contributed by atoms with Gasteiger partial charge in [-0.25, -0.2) is 0 Å². The van der Waals surface area contributed by atoms with Gasteiger partial charge in [-0.05, 0) is 77.0 Å². The number of esters is 2. The zero-order chi connectivity index (χ0) is 44.3. The highest BCUT2D eigenvalue weighted by Gasteiger charge is 2.21. The number of allylic oxidation sites excluding steroid dienone is 8. The van der Waals surface area contributed by atoms with Crippen molar-refractivity contribution in [3.63, 3.8) is 0 Å². The lowest BCUT2D eigenvalue weighted by Crippen LogP contribution is -2.37. The average Bonchev–Trinajstić information content (AvgIpc) is 3.20. The van der Waals surface area contributed by atoms with Gasteiger partial charge in [-0.2, -0.15) is 0 Å². The van der Waals surface area contributed by atoms with Crippen molar-refractivity contribution in [2.45, 2.75) is 213 Å². The molecule has 0 bridgehead atoms. The maximum Gasteiger partial charge on any atom is 0.306 e. The number of likely N-dealkylation sites (N-methyl/N-ethyl adjacent to an activating group) is 1. The molecule has 1 unspecified atom stereocenters. The number of quaternary nitrogens is 1. The van der Waals surface area contributed by atoms with Crippen molar-refractivity contribution in [2.75, 3.05) is 47.5 Å². The van der Waals surface area contributed by atoms with E-state index < -0.39 is 32.5 Å². The SMILES string of the molecule is CCCCC/C=C/C/C=C/CCCCCCCCCCCC(=O)O[C@H](COC(=O)CCCCCCCCC/C=C/C/C=C/CCCCC)COP(=O)([O-])OCC[N+](C)(C)C. The Labute approximate surface area is 369 Å². The average molecular weight is 866 g/mol. The Balaban J connectivity index is 4.31. The number of phosphoric ester groups is 1. The smallest absolute Gasteiger partial charge is 0.306 e. The van der Waals surface area contributed by atoms with Gasteiger partial charge in [0.05, 0.1) is 27.7 Å². The molecular weight excluding hydrogens is 774 g/mol. The summed E-state index contributed by atoms with van der Waals surface area (Å²) in [6.07, 6.45) is 49.8. The van der Waals surface area contributed by atoms with Crippen LogP contribution in [0.4, 0.5) is 0 Å². The highest BCUT2D eigenvalue weighted by molar-refractivity contribution is 7.45. The molecule has 0 N–H and O–H groups in total. The number of phosphoric acid groups is 1. The van der Waals surface area contributed by atoms with Crippen molar-refractivity contribution in [3.05, 3.63) is 48.6 Å². The molecular formula is C50H92NO8P. The van der Waals surface area contributed by atoms with Gasteiger partial charge in [-0.1, -0.05) is 165 Å². The van der Waals surface area contributed by atoms with E-state index in [1.165, 1.54) is 103 Å². The van der Waals surface area contributed by atoms with Gasteiger partial charge in [-0.3, -0.25) is 14.2 Å². The van der Waals surface area contributed by atoms with Crippen LogP contribution in [0, 0.1) is 0 Å². The monoisotopic (exact) mass is 866 g/mol.